The number of hydrogen-bond donors (Lipinski definition) is 1. The predicted octanol–water partition coefficient (Wildman–Crippen LogP) is 0.707. The van der Waals surface area contributed by atoms with Gasteiger partial charge in [-0.15, -0.1) is 5.10 Å². The number of ether oxygens (including phenoxy) is 1. The topological polar surface area (TPSA) is 101 Å². The summed E-state index contributed by atoms with van der Waals surface area (Å²) in [7, 11) is 3.03. The van der Waals surface area contributed by atoms with Crippen molar-refractivity contribution in [3.8, 4) is 0 Å². The molecular formula is C9H14N4O4. The standard InChI is InChI=1S/C9H14N4O4/c1-12(5-3-4-8(14)17-2)7-6-10-11-9(7)13(15)16/h6H,3-5H2,1-2H3,(H,10,11). The summed E-state index contributed by atoms with van der Waals surface area (Å²) < 4.78 is 4.50. The summed E-state index contributed by atoms with van der Waals surface area (Å²) in [6.07, 6.45) is 2.23. The fraction of sp³-hybridized carbons (Fsp3) is 0.556. The van der Waals surface area contributed by atoms with Crippen LogP contribution >= 0.6 is 0 Å². The highest BCUT2D eigenvalue weighted by molar-refractivity contribution is 5.69. The second kappa shape index (κ2) is 5.83. The van der Waals surface area contributed by atoms with Gasteiger partial charge in [-0.25, -0.2) is 0 Å². The smallest absolute Gasteiger partial charge is 0.366 e. The van der Waals surface area contributed by atoms with Gasteiger partial charge in [0, 0.05) is 20.0 Å². The van der Waals surface area contributed by atoms with E-state index in [1.807, 2.05) is 0 Å². The molecule has 0 unspecified atom stereocenters. The number of carbonyl (C=O) groups excluding carboxylic acids is 1. The number of methoxy groups -OCH3 is 1. The number of rotatable bonds is 6. The molecule has 0 aliphatic carbocycles. The summed E-state index contributed by atoms with van der Waals surface area (Å²) in [5, 5.41) is 16.6. The number of nitrogens with zero attached hydrogens (tertiary/aromatic N) is 3. The number of nitro groups is 1. The summed E-state index contributed by atoms with van der Waals surface area (Å²) in [5.41, 5.74) is 0.403. The zero-order valence-corrected chi connectivity index (χ0v) is 9.67. The number of nitrogens with one attached hydrogen (secondary N) is 1. The van der Waals surface area contributed by atoms with Crippen molar-refractivity contribution in [2.24, 2.45) is 0 Å². The van der Waals surface area contributed by atoms with Crippen molar-refractivity contribution in [3.63, 3.8) is 0 Å². The molecule has 0 radical (unpaired) electrons. The molecule has 0 aromatic carbocycles. The maximum atomic E-state index is 10.9. The predicted molar refractivity (Wildman–Crippen MR) is 59.8 cm³/mol. The monoisotopic (exact) mass is 242 g/mol. The quantitative estimate of drug-likeness (QED) is 0.447. The SMILES string of the molecule is COC(=O)CCCN(C)c1cn[nH]c1[N+](=O)[O-]. The largest absolute Gasteiger partial charge is 0.469 e. The molecule has 1 aromatic heterocycles. The Morgan fingerprint density at radius 2 is 2.41 bits per heavy atom. The molecule has 1 rings (SSSR count). The molecular weight excluding hydrogens is 228 g/mol. The average molecular weight is 242 g/mol. The minimum absolute atomic E-state index is 0.148. The highest BCUT2D eigenvalue weighted by atomic mass is 16.6. The van der Waals surface area contributed by atoms with E-state index in [1.165, 1.54) is 13.3 Å². The second-order valence-electron chi connectivity index (χ2n) is 3.46. The van der Waals surface area contributed by atoms with E-state index >= 15 is 0 Å². The molecule has 0 aliphatic heterocycles. The van der Waals surface area contributed by atoms with Crippen LogP contribution in [0.3, 0.4) is 0 Å². The number of aromatic nitrogens is 2. The molecule has 1 N–H and O–H groups in total. The van der Waals surface area contributed by atoms with Gasteiger partial charge in [0.2, 0.25) is 0 Å². The molecule has 8 heteroatoms. The van der Waals surface area contributed by atoms with Gasteiger partial charge in [0.05, 0.1) is 7.11 Å². The van der Waals surface area contributed by atoms with Gasteiger partial charge in [-0.3, -0.25) is 4.79 Å². The molecule has 17 heavy (non-hydrogen) atoms. The van der Waals surface area contributed by atoms with Gasteiger partial charge in [0.15, 0.2) is 5.69 Å². The summed E-state index contributed by atoms with van der Waals surface area (Å²) in [6, 6.07) is 0. The molecule has 0 amide bonds. The Morgan fingerprint density at radius 3 is 3.00 bits per heavy atom. The Morgan fingerprint density at radius 1 is 1.71 bits per heavy atom. The number of anilines is 1. The number of hydrogen-bond acceptors (Lipinski definition) is 6. The van der Waals surface area contributed by atoms with Crippen LogP contribution in [0.15, 0.2) is 6.20 Å². The Hall–Kier alpha value is -2.12. The van der Waals surface area contributed by atoms with Crippen molar-refractivity contribution in [3.05, 3.63) is 16.3 Å². The van der Waals surface area contributed by atoms with Gasteiger partial charge in [0.1, 0.15) is 6.20 Å². The van der Waals surface area contributed by atoms with Crippen molar-refractivity contribution in [2.45, 2.75) is 12.8 Å². The van der Waals surface area contributed by atoms with E-state index in [0.29, 0.717) is 18.7 Å². The van der Waals surface area contributed by atoms with Gasteiger partial charge >= 0.3 is 11.8 Å². The van der Waals surface area contributed by atoms with Gasteiger partial charge in [-0.2, -0.15) is 0 Å². The second-order valence-corrected chi connectivity index (χ2v) is 3.46. The van der Waals surface area contributed by atoms with Gasteiger partial charge in [-0.1, -0.05) is 5.10 Å². The van der Waals surface area contributed by atoms with E-state index in [-0.39, 0.29) is 18.2 Å². The molecule has 0 saturated heterocycles. The molecule has 8 nitrogen and oxygen atoms in total. The Labute approximate surface area is 97.7 Å². The first-order valence-corrected chi connectivity index (χ1v) is 5.02. The fourth-order valence-electron chi connectivity index (χ4n) is 1.37. The van der Waals surface area contributed by atoms with E-state index in [0.717, 1.165) is 0 Å². The third kappa shape index (κ3) is 3.44. The highest BCUT2D eigenvalue weighted by Crippen LogP contribution is 2.23. The third-order valence-electron chi connectivity index (χ3n) is 2.30. The highest BCUT2D eigenvalue weighted by Gasteiger charge is 2.18. The van der Waals surface area contributed by atoms with E-state index in [4.69, 9.17) is 0 Å². The van der Waals surface area contributed by atoms with Crippen LogP contribution in [-0.2, 0) is 9.53 Å². The zero-order chi connectivity index (χ0) is 12.8. The molecule has 0 saturated carbocycles. The van der Waals surface area contributed by atoms with Crippen molar-refractivity contribution in [2.75, 3.05) is 25.6 Å². The van der Waals surface area contributed by atoms with Crippen LogP contribution < -0.4 is 4.90 Å². The maximum Gasteiger partial charge on any atom is 0.366 e. The normalized spacial score (nSPS) is 10.0. The Bertz CT molecular complexity index is 403. The van der Waals surface area contributed by atoms with Crippen molar-refractivity contribution < 1.29 is 14.5 Å². The summed E-state index contributed by atoms with van der Waals surface area (Å²) >= 11 is 0. The van der Waals surface area contributed by atoms with Crippen molar-refractivity contribution in [1.82, 2.24) is 10.2 Å². The van der Waals surface area contributed by atoms with Crippen LogP contribution in [0.1, 0.15) is 12.8 Å². The minimum Gasteiger partial charge on any atom is -0.469 e. The zero-order valence-electron chi connectivity index (χ0n) is 9.67. The van der Waals surface area contributed by atoms with Crippen LogP contribution in [0.5, 0.6) is 0 Å². The number of esters is 1. The van der Waals surface area contributed by atoms with Crippen LogP contribution in [0.2, 0.25) is 0 Å². The average Bonchev–Trinajstić information content (AvgIpc) is 2.77. The number of H-pyrrole nitrogens is 1. The van der Waals surface area contributed by atoms with Crippen molar-refractivity contribution in [1.29, 1.82) is 0 Å². The molecule has 1 aromatic rings. The lowest BCUT2D eigenvalue weighted by Gasteiger charge is -2.15. The van der Waals surface area contributed by atoms with E-state index in [2.05, 4.69) is 14.9 Å². The van der Waals surface area contributed by atoms with Gasteiger partial charge in [-0.05, 0) is 11.3 Å². The van der Waals surface area contributed by atoms with Crippen LogP contribution in [0, 0.1) is 10.1 Å². The van der Waals surface area contributed by atoms with Crippen LogP contribution in [0.25, 0.3) is 0 Å². The fourth-order valence-corrected chi connectivity index (χ4v) is 1.37. The van der Waals surface area contributed by atoms with Gasteiger partial charge < -0.3 is 19.8 Å². The van der Waals surface area contributed by atoms with Crippen LogP contribution in [0.4, 0.5) is 11.5 Å². The molecule has 0 spiro atoms. The first kappa shape index (κ1) is 12.9. The van der Waals surface area contributed by atoms with E-state index < -0.39 is 4.92 Å². The lowest BCUT2D eigenvalue weighted by Crippen LogP contribution is -2.20. The summed E-state index contributed by atoms with van der Waals surface area (Å²) in [5.74, 6) is -0.439. The number of carbonyl (C=O) groups is 1. The maximum absolute atomic E-state index is 10.9. The van der Waals surface area contributed by atoms with Gasteiger partial charge in [0.25, 0.3) is 0 Å². The summed E-state index contributed by atoms with van der Waals surface area (Å²) in [4.78, 5) is 22.7. The molecule has 0 atom stereocenters. The molecule has 0 aliphatic rings. The molecule has 94 valence electrons. The van der Waals surface area contributed by atoms with E-state index in [9.17, 15) is 14.9 Å². The lowest BCUT2D eigenvalue weighted by atomic mass is 10.3. The Kier molecular flexibility index (Phi) is 4.44. The molecule has 0 fully saturated rings. The Balaban J connectivity index is 2.52. The summed E-state index contributed by atoms with van der Waals surface area (Å²) in [6.45, 7) is 0.509. The van der Waals surface area contributed by atoms with Crippen molar-refractivity contribution >= 4 is 17.5 Å². The number of aromatic amines is 1. The third-order valence-corrected chi connectivity index (χ3v) is 2.30. The minimum atomic E-state index is -0.529. The van der Waals surface area contributed by atoms with Crippen LogP contribution in [-0.4, -0.2) is 41.8 Å². The molecule has 1 heterocycles. The molecule has 0 bridgehead atoms. The first-order chi connectivity index (χ1) is 8.06. The first-order valence-electron chi connectivity index (χ1n) is 5.02. The lowest BCUT2D eigenvalue weighted by molar-refractivity contribution is -0.388. The van der Waals surface area contributed by atoms with E-state index in [1.54, 1.807) is 11.9 Å².